The van der Waals surface area contributed by atoms with E-state index in [0.717, 1.165) is 42.6 Å². The van der Waals surface area contributed by atoms with Gasteiger partial charge in [0.15, 0.2) is 0 Å². The van der Waals surface area contributed by atoms with Gasteiger partial charge in [0, 0.05) is 29.4 Å². The lowest BCUT2D eigenvalue weighted by atomic mass is 9.95. The molecule has 1 fully saturated rings. The summed E-state index contributed by atoms with van der Waals surface area (Å²) in [5.41, 5.74) is 10.1. The first-order valence-corrected chi connectivity index (χ1v) is 9.55. The van der Waals surface area contributed by atoms with E-state index in [1.165, 1.54) is 0 Å². The highest BCUT2D eigenvalue weighted by molar-refractivity contribution is 6.14. The molecule has 1 saturated carbocycles. The minimum Gasteiger partial charge on any atom is -0.366 e. The summed E-state index contributed by atoms with van der Waals surface area (Å²) in [6, 6.07) is 7.25. The van der Waals surface area contributed by atoms with Gasteiger partial charge in [0.05, 0.1) is 16.6 Å². The lowest BCUT2D eigenvalue weighted by Crippen LogP contribution is -2.36. The number of nitrogens with two attached hydrogens (primary N) is 1. The highest BCUT2D eigenvalue weighted by Gasteiger charge is 2.32. The third-order valence-electron chi connectivity index (χ3n) is 5.62. The third-order valence-corrected chi connectivity index (χ3v) is 5.62. The summed E-state index contributed by atoms with van der Waals surface area (Å²) in [7, 11) is 0. The summed E-state index contributed by atoms with van der Waals surface area (Å²) in [6.07, 6.45) is 3.65. The molecule has 2 N–H and O–H groups in total. The number of pyridine rings is 1. The average Bonchev–Trinajstić information content (AvgIpc) is 3.49. The molecule has 142 valence electrons. The zero-order valence-electron chi connectivity index (χ0n) is 15.6. The Morgan fingerprint density at radius 1 is 1.25 bits per heavy atom. The van der Waals surface area contributed by atoms with Gasteiger partial charge in [-0.25, -0.2) is 4.98 Å². The Morgan fingerprint density at radius 3 is 2.82 bits per heavy atom. The number of carbonyl (C=O) groups is 2. The molecule has 3 aromatic rings. The topological polar surface area (TPSA) is 102 Å². The summed E-state index contributed by atoms with van der Waals surface area (Å²) in [4.78, 5) is 31.7. The van der Waals surface area contributed by atoms with Crippen LogP contribution in [-0.2, 0) is 6.42 Å². The number of hydrogen-bond donors (Lipinski definition) is 1. The van der Waals surface area contributed by atoms with Gasteiger partial charge in [-0.2, -0.15) is 0 Å². The van der Waals surface area contributed by atoms with Crippen LogP contribution in [-0.4, -0.2) is 28.5 Å². The van der Waals surface area contributed by atoms with Crippen molar-refractivity contribution in [1.29, 1.82) is 0 Å². The molecule has 28 heavy (non-hydrogen) atoms. The second-order valence-electron chi connectivity index (χ2n) is 7.54. The van der Waals surface area contributed by atoms with Crippen LogP contribution in [0.3, 0.4) is 0 Å². The molecule has 0 bridgehead atoms. The van der Waals surface area contributed by atoms with Gasteiger partial charge in [0.25, 0.3) is 11.6 Å². The molecule has 2 amide bonds. The third kappa shape index (κ3) is 2.58. The first-order chi connectivity index (χ1) is 13.5. The van der Waals surface area contributed by atoms with Crippen molar-refractivity contribution < 1.29 is 14.1 Å². The molecule has 0 unspecified atom stereocenters. The molecule has 7 nitrogen and oxygen atoms in total. The standard InChI is InChI=1S/C21H20N4O3/c1-11-18-15(10-16(12-7-8-12)23-20(18)28-24-11)21(27)25-9-3-5-13-14(19(22)26)4-2-6-17(13)25/h2,4,6,10,12H,3,5,7-9H2,1H3,(H2,22,26). The fraction of sp³-hybridized carbons (Fsp3) is 0.333. The number of rotatable bonds is 3. The molecule has 2 aliphatic rings. The first kappa shape index (κ1) is 16.9. The largest absolute Gasteiger partial charge is 0.366 e. The van der Waals surface area contributed by atoms with Crippen LogP contribution < -0.4 is 10.6 Å². The molecule has 1 aliphatic carbocycles. The number of aryl methyl sites for hydroxylation is 1. The van der Waals surface area contributed by atoms with Gasteiger partial charge >= 0.3 is 0 Å². The minimum atomic E-state index is -0.469. The van der Waals surface area contributed by atoms with Crippen LogP contribution >= 0.6 is 0 Å². The Hall–Kier alpha value is -3.22. The number of aromatic nitrogens is 2. The average molecular weight is 376 g/mol. The molecule has 0 radical (unpaired) electrons. The normalized spacial score (nSPS) is 16.2. The summed E-state index contributed by atoms with van der Waals surface area (Å²) in [6.45, 7) is 2.40. The Balaban J connectivity index is 1.65. The highest BCUT2D eigenvalue weighted by Crippen LogP contribution is 2.41. The molecular formula is C21H20N4O3. The number of amides is 2. The zero-order valence-corrected chi connectivity index (χ0v) is 15.6. The quantitative estimate of drug-likeness (QED) is 0.757. The predicted octanol–water partition coefficient (Wildman–Crippen LogP) is 3.10. The van der Waals surface area contributed by atoms with Crippen LogP contribution in [0.15, 0.2) is 28.8 Å². The van der Waals surface area contributed by atoms with E-state index < -0.39 is 5.91 Å². The molecule has 3 heterocycles. The van der Waals surface area contributed by atoms with Crippen LogP contribution in [0.5, 0.6) is 0 Å². The monoisotopic (exact) mass is 376 g/mol. The van der Waals surface area contributed by atoms with Gasteiger partial charge in [-0.1, -0.05) is 11.2 Å². The maximum Gasteiger partial charge on any atom is 0.259 e. The van der Waals surface area contributed by atoms with Gasteiger partial charge in [-0.3, -0.25) is 9.59 Å². The van der Waals surface area contributed by atoms with Crippen molar-refractivity contribution in [2.24, 2.45) is 5.73 Å². The molecule has 5 rings (SSSR count). The minimum absolute atomic E-state index is 0.122. The predicted molar refractivity (Wildman–Crippen MR) is 103 cm³/mol. The number of carbonyl (C=O) groups excluding carboxylic acids is 2. The second kappa shape index (κ2) is 6.15. The number of fused-ring (bicyclic) bond motifs is 2. The van der Waals surface area contributed by atoms with E-state index in [1.54, 1.807) is 17.0 Å². The maximum atomic E-state index is 13.6. The molecule has 0 saturated heterocycles. The summed E-state index contributed by atoms with van der Waals surface area (Å²) in [5, 5.41) is 4.68. The Kier molecular flexibility index (Phi) is 3.72. The SMILES string of the molecule is Cc1noc2nc(C3CC3)cc(C(=O)N3CCCc4c(C(N)=O)cccc43)c12. The van der Waals surface area contributed by atoms with Crippen molar-refractivity contribution >= 4 is 28.6 Å². The van der Waals surface area contributed by atoms with Crippen LogP contribution in [0.25, 0.3) is 11.1 Å². The van der Waals surface area contributed by atoms with Gasteiger partial charge in [0.2, 0.25) is 5.91 Å². The fourth-order valence-electron chi connectivity index (χ4n) is 4.08. The van der Waals surface area contributed by atoms with Crippen LogP contribution in [0.2, 0.25) is 0 Å². The second-order valence-corrected chi connectivity index (χ2v) is 7.54. The van der Waals surface area contributed by atoms with E-state index in [4.69, 9.17) is 10.3 Å². The maximum absolute atomic E-state index is 13.6. The number of primary amides is 1. The van der Waals surface area contributed by atoms with Crippen LogP contribution in [0, 0.1) is 6.92 Å². The lowest BCUT2D eigenvalue weighted by Gasteiger charge is -2.30. The van der Waals surface area contributed by atoms with Crippen molar-refractivity contribution in [2.75, 3.05) is 11.4 Å². The van der Waals surface area contributed by atoms with Crippen molar-refractivity contribution in [2.45, 2.75) is 38.5 Å². The Morgan fingerprint density at radius 2 is 2.07 bits per heavy atom. The molecule has 0 atom stereocenters. The van der Waals surface area contributed by atoms with E-state index in [0.29, 0.717) is 40.4 Å². The van der Waals surface area contributed by atoms with Gasteiger partial charge in [0.1, 0.15) is 0 Å². The molecule has 1 aromatic carbocycles. The highest BCUT2D eigenvalue weighted by atomic mass is 16.5. The van der Waals surface area contributed by atoms with Crippen LogP contribution in [0.1, 0.15) is 62.8 Å². The van der Waals surface area contributed by atoms with Crippen LogP contribution in [0.4, 0.5) is 5.69 Å². The Labute approximate surface area is 161 Å². The van der Waals surface area contributed by atoms with E-state index in [9.17, 15) is 9.59 Å². The van der Waals surface area contributed by atoms with Gasteiger partial charge in [-0.15, -0.1) is 0 Å². The zero-order chi connectivity index (χ0) is 19.4. The van der Waals surface area contributed by atoms with Crippen molar-refractivity contribution in [3.63, 3.8) is 0 Å². The number of anilines is 1. The molecular weight excluding hydrogens is 356 g/mol. The molecule has 1 aliphatic heterocycles. The van der Waals surface area contributed by atoms with Gasteiger partial charge < -0.3 is 15.2 Å². The fourth-order valence-corrected chi connectivity index (χ4v) is 4.08. The summed E-state index contributed by atoms with van der Waals surface area (Å²) >= 11 is 0. The van der Waals surface area contributed by atoms with E-state index >= 15 is 0 Å². The van der Waals surface area contributed by atoms with E-state index in [2.05, 4.69) is 10.1 Å². The first-order valence-electron chi connectivity index (χ1n) is 9.55. The molecule has 0 spiro atoms. The van der Waals surface area contributed by atoms with Crippen molar-refractivity contribution in [3.8, 4) is 0 Å². The lowest BCUT2D eigenvalue weighted by molar-refractivity contribution is 0.0978. The summed E-state index contributed by atoms with van der Waals surface area (Å²) < 4.78 is 5.37. The number of benzene rings is 1. The van der Waals surface area contributed by atoms with Gasteiger partial charge in [-0.05, 0) is 56.4 Å². The smallest absolute Gasteiger partial charge is 0.259 e. The molecule has 2 aromatic heterocycles. The number of hydrogen-bond acceptors (Lipinski definition) is 5. The molecule has 7 heteroatoms. The van der Waals surface area contributed by atoms with E-state index in [1.807, 2.05) is 19.1 Å². The summed E-state index contributed by atoms with van der Waals surface area (Å²) in [5.74, 6) is -0.206. The van der Waals surface area contributed by atoms with E-state index in [-0.39, 0.29) is 5.91 Å². The van der Waals surface area contributed by atoms with Crippen molar-refractivity contribution in [1.82, 2.24) is 10.1 Å². The Bertz CT molecular complexity index is 1130. The number of nitrogens with zero attached hydrogens (tertiary/aromatic N) is 3. The van der Waals surface area contributed by atoms with Crippen molar-refractivity contribution in [3.05, 3.63) is 52.3 Å².